The highest BCUT2D eigenvalue weighted by molar-refractivity contribution is 7.20. The number of thiazole rings is 1. The number of carbonyl (C=O) groups excluding carboxylic acids is 4. The number of fused-ring (bicyclic) bond motifs is 1. The third kappa shape index (κ3) is 8.08. The smallest absolute Gasteiger partial charge is 0.407 e. The Hall–Kier alpha value is -3.83. The van der Waals surface area contributed by atoms with Crippen molar-refractivity contribution < 1.29 is 28.7 Å². The van der Waals surface area contributed by atoms with Gasteiger partial charge in [-0.1, -0.05) is 42.5 Å². The Morgan fingerprint density at radius 3 is 2.64 bits per heavy atom. The Bertz CT molecular complexity index is 1260. The molecule has 4 rings (SSSR count). The predicted molar refractivity (Wildman–Crippen MR) is 146 cm³/mol. The first kappa shape index (κ1) is 28.2. The first-order valence-corrected chi connectivity index (χ1v) is 13.7. The Kier molecular flexibility index (Phi) is 9.98. The number of rotatable bonds is 11. The third-order valence-electron chi connectivity index (χ3n) is 6.34. The van der Waals surface area contributed by atoms with Gasteiger partial charge in [-0.3, -0.25) is 14.4 Å². The van der Waals surface area contributed by atoms with Crippen molar-refractivity contribution in [3.63, 3.8) is 0 Å². The van der Waals surface area contributed by atoms with Crippen molar-refractivity contribution in [2.45, 2.75) is 44.9 Å². The number of unbranched alkanes of at least 4 members (excludes halogenated alkanes) is 1. The number of nitrogens with zero attached hydrogens (tertiary/aromatic N) is 2. The summed E-state index contributed by atoms with van der Waals surface area (Å²) in [6, 6.07) is 16.0. The third-order valence-corrected chi connectivity index (χ3v) is 7.39. The van der Waals surface area contributed by atoms with E-state index in [9.17, 15) is 19.2 Å². The number of aromatic nitrogens is 1. The topological polar surface area (TPSA) is 127 Å². The van der Waals surface area contributed by atoms with Crippen LogP contribution < -0.4 is 10.6 Å². The average Bonchev–Trinajstić information content (AvgIpc) is 3.40. The molecular weight excluding hydrogens is 520 g/mol. The van der Waals surface area contributed by atoms with E-state index in [0.717, 1.165) is 15.8 Å². The molecule has 3 aromatic rings. The Balaban J connectivity index is 1.32. The standard InChI is InChI=1S/C28H32N4O6S/c1-19(33)32-15-16-37-23(17-32)26(35)30-22(25(34)27-31-21-11-5-6-13-24(21)39-27)12-7-8-14-29-28(36)38-18-20-9-3-2-4-10-20/h2-6,9-11,13,22-23H,7-8,12,14-18H2,1H3,(H,29,36)(H,30,35)/t22-,23?/m0/s1. The second-order valence-corrected chi connectivity index (χ2v) is 10.3. The lowest BCUT2D eigenvalue weighted by molar-refractivity contribution is -0.146. The highest BCUT2D eigenvalue weighted by Gasteiger charge is 2.32. The highest BCUT2D eigenvalue weighted by Crippen LogP contribution is 2.23. The van der Waals surface area contributed by atoms with Crippen LogP contribution in [0.2, 0.25) is 0 Å². The van der Waals surface area contributed by atoms with E-state index in [-0.39, 0.29) is 31.4 Å². The number of morpholine rings is 1. The predicted octanol–water partition coefficient (Wildman–Crippen LogP) is 3.31. The van der Waals surface area contributed by atoms with E-state index in [2.05, 4.69) is 15.6 Å². The fourth-order valence-corrected chi connectivity index (χ4v) is 5.15. The Morgan fingerprint density at radius 2 is 1.87 bits per heavy atom. The zero-order valence-electron chi connectivity index (χ0n) is 21.8. The van der Waals surface area contributed by atoms with Crippen LogP contribution in [0.25, 0.3) is 10.2 Å². The molecule has 2 aromatic carbocycles. The molecular formula is C28H32N4O6S. The van der Waals surface area contributed by atoms with Crippen LogP contribution >= 0.6 is 11.3 Å². The molecule has 3 amide bonds. The summed E-state index contributed by atoms with van der Waals surface area (Å²) < 4.78 is 11.7. The first-order valence-electron chi connectivity index (χ1n) is 12.9. The SMILES string of the molecule is CC(=O)N1CCOC(C(=O)N[C@@H](CCCCNC(=O)OCc2ccccc2)C(=O)c2nc3ccccc3s2)C1. The molecule has 1 aliphatic rings. The summed E-state index contributed by atoms with van der Waals surface area (Å²) in [7, 11) is 0. The molecule has 1 aromatic heterocycles. The van der Waals surface area contributed by atoms with Gasteiger partial charge in [0.2, 0.25) is 11.7 Å². The molecule has 1 saturated heterocycles. The molecule has 206 valence electrons. The molecule has 1 fully saturated rings. The number of Topliss-reactive ketones (excluding diaryl/α,β-unsaturated/α-hetero) is 1. The number of carbonyl (C=O) groups is 4. The number of hydrogen-bond acceptors (Lipinski definition) is 8. The number of ether oxygens (including phenoxy) is 2. The van der Waals surface area contributed by atoms with Gasteiger partial charge in [-0.2, -0.15) is 0 Å². The highest BCUT2D eigenvalue weighted by atomic mass is 32.1. The summed E-state index contributed by atoms with van der Waals surface area (Å²) in [6.07, 6.45) is 0.127. The number of benzene rings is 2. The summed E-state index contributed by atoms with van der Waals surface area (Å²) in [5.41, 5.74) is 1.62. The normalized spacial score (nSPS) is 15.9. The molecule has 2 N–H and O–H groups in total. The van der Waals surface area contributed by atoms with Crippen LogP contribution in [0.15, 0.2) is 54.6 Å². The molecule has 10 nitrogen and oxygen atoms in total. The van der Waals surface area contributed by atoms with Crippen molar-refractivity contribution in [1.82, 2.24) is 20.5 Å². The largest absolute Gasteiger partial charge is 0.445 e. The monoisotopic (exact) mass is 552 g/mol. The summed E-state index contributed by atoms with van der Waals surface area (Å²) in [6.45, 7) is 2.81. The van der Waals surface area contributed by atoms with Crippen LogP contribution in [-0.4, -0.2) is 72.0 Å². The van der Waals surface area contributed by atoms with E-state index >= 15 is 0 Å². The van der Waals surface area contributed by atoms with Crippen LogP contribution in [0.5, 0.6) is 0 Å². The second-order valence-electron chi connectivity index (χ2n) is 9.22. The number of alkyl carbamates (subject to hydrolysis) is 1. The van der Waals surface area contributed by atoms with Gasteiger partial charge in [0.05, 0.1) is 29.4 Å². The van der Waals surface area contributed by atoms with Gasteiger partial charge in [0.1, 0.15) is 6.61 Å². The maximum absolute atomic E-state index is 13.4. The minimum absolute atomic E-state index is 0.131. The molecule has 0 aliphatic carbocycles. The average molecular weight is 553 g/mol. The number of amides is 3. The molecule has 0 bridgehead atoms. The van der Waals surface area contributed by atoms with Gasteiger partial charge in [0.25, 0.3) is 5.91 Å². The maximum Gasteiger partial charge on any atom is 0.407 e. The molecule has 0 radical (unpaired) electrons. The van der Waals surface area contributed by atoms with Gasteiger partial charge < -0.3 is 25.0 Å². The molecule has 2 atom stereocenters. The van der Waals surface area contributed by atoms with E-state index in [0.29, 0.717) is 37.4 Å². The van der Waals surface area contributed by atoms with E-state index in [4.69, 9.17) is 9.47 Å². The maximum atomic E-state index is 13.4. The fraction of sp³-hybridized carbons (Fsp3) is 0.393. The summed E-state index contributed by atoms with van der Waals surface area (Å²) in [5.74, 6) is -0.852. The minimum Gasteiger partial charge on any atom is -0.445 e. The summed E-state index contributed by atoms with van der Waals surface area (Å²) in [4.78, 5) is 56.3. The van der Waals surface area contributed by atoms with Gasteiger partial charge in [-0.15, -0.1) is 11.3 Å². The van der Waals surface area contributed by atoms with E-state index < -0.39 is 24.1 Å². The molecule has 0 saturated carbocycles. The summed E-state index contributed by atoms with van der Waals surface area (Å²) >= 11 is 1.28. The van der Waals surface area contributed by atoms with Gasteiger partial charge in [-0.25, -0.2) is 9.78 Å². The van der Waals surface area contributed by atoms with Crippen molar-refractivity contribution in [3.8, 4) is 0 Å². The van der Waals surface area contributed by atoms with Crippen molar-refractivity contribution in [2.24, 2.45) is 0 Å². The van der Waals surface area contributed by atoms with E-state index in [1.807, 2.05) is 54.6 Å². The number of hydrogen-bond donors (Lipinski definition) is 2. The van der Waals surface area contributed by atoms with Gasteiger partial charge >= 0.3 is 6.09 Å². The molecule has 1 aliphatic heterocycles. The van der Waals surface area contributed by atoms with E-state index in [1.165, 1.54) is 18.3 Å². The van der Waals surface area contributed by atoms with Crippen molar-refractivity contribution in [2.75, 3.05) is 26.2 Å². The molecule has 1 unspecified atom stereocenters. The van der Waals surface area contributed by atoms with Crippen LogP contribution in [-0.2, 0) is 25.7 Å². The Labute approximate surface area is 230 Å². The Morgan fingerprint density at radius 1 is 1.10 bits per heavy atom. The lowest BCUT2D eigenvalue weighted by atomic mass is 10.0. The van der Waals surface area contributed by atoms with Crippen LogP contribution in [0, 0.1) is 0 Å². The first-order chi connectivity index (χ1) is 18.9. The lowest BCUT2D eigenvalue weighted by Crippen LogP contribution is -2.54. The lowest BCUT2D eigenvalue weighted by Gasteiger charge is -2.32. The van der Waals surface area contributed by atoms with Crippen LogP contribution in [0.3, 0.4) is 0 Å². The van der Waals surface area contributed by atoms with Crippen LogP contribution in [0.4, 0.5) is 4.79 Å². The fourth-order valence-electron chi connectivity index (χ4n) is 4.19. The van der Waals surface area contributed by atoms with Crippen molar-refractivity contribution >= 4 is 45.2 Å². The number of nitrogens with one attached hydrogen (secondary N) is 2. The summed E-state index contributed by atoms with van der Waals surface area (Å²) in [5, 5.41) is 5.86. The quantitative estimate of drug-likeness (QED) is 0.276. The van der Waals surface area contributed by atoms with Crippen molar-refractivity contribution in [1.29, 1.82) is 0 Å². The minimum atomic E-state index is -0.852. The number of para-hydroxylation sites is 1. The molecule has 0 spiro atoms. The van der Waals surface area contributed by atoms with Gasteiger partial charge in [0, 0.05) is 20.0 Å². The zero-order valence-corrected chi connectivity index (χ0v) is 22.6. The van der Waals surface area contributed by atoms with E-state index in [1.54, 1.807) is 4.90 Å². The zero-order chi connectivity index (χ0) is 27.6. The molecule has 39 heavy (non-hydrogen) atoms. The molecule has 2 heterocycles. The van der Waals surface area contributed by atoms with Gasteiger partial charge in [0.15, 0.2) is 11.1 Å². The number of ketones is 1. The van der Waals surface area contributed by atoms with Crippen LogP contribution in [0.1, 0.15) is 41.6 Å². The second kappa shape index (κ2) is 13.8. The van der Waals surface area contributed by atoms with Gasteiger partial charge in [-0.05, 0) is 37.0 Å². The molecule has 11 heteroatoms. The van der Waals surface area contributed by atoms with Crippen molar-refractivity contribution in [3.05, 3.63) is 65.2 Å².